The average Bonchev–Trinajstić information content (AvgIpc) is 2.85. The predicted octanol–water partition coefficient (Wildman–Crippen LogP) is 2.25. The van der Waals surface area contributed by atoms with Crippen molar-refractivity contribution in [3.63, 3.8) is 0 Å². The van der Waals surface area contributed by atoms with E-state index in [0.29, 0.717) is 22.7 Å². The standard InChI is InChI=1S/C13H14N2O4/c1-8-7-14-19-12(8)13(16)15-9-4-5-10(17-2)11(6-9)18-3/h4-7H,1-3H3,(H,15,16). The second-order valence-corrected chi connectivity index (χ2v) is 3.86. The molecule has 19 heavy (non-hydrogen) atoms. The number of nitrogens with one attached hydrogen (secondary N) is 1. The van der Waals surface area contributed by atoms with Gasteiger partial charge in [0.25, 0.3) is 5.91 Å². The smallest absolute Gasteiger partial charge is 0.294 e. The van der Waals surface area contributed by atoms with Crippen molar-refractivity contribution in [2.24, 2.45) is 0 Å². The summed E-state index contributed by atoms with van der Waals surface area (Å²) < 4.78 is 15.2. The van der Waals surface area contributed by atoms with Gasteiger partial charge in [-0.05, 0) is 19.1 Å². The first-order valence-electron chi connectivity index (χ1n) is 5.60. The molecule has 0 saturated carbocycles. The van der Waals surface area contributed by atoms with E-state index in [-0.39, 0.29) is 11.7 Å². The van der Waals surface area contributed by atoms with Gasteiger partial charge in [-0.15, -0.1) is 0 Å². The van der Waals surface area contributed by atoms with Crippen LogP contribution < -0.4 is 14.8 Å². The lowest BCUT2D eigenvalue weighted by molar-refractivity contribution is 0.0987. The van der Waals surface area contributed by atoms with Crippen molar-refractivity contribution in [1.29, 1.82) is 0 Å². The highest BCUT2D eigenvalue weighted by Gasteiger charge is 2.15. The molecule has 0 aliphatic rings. The predicted molar refractivity (Wildman–Crippen MR) is 68.7 cm³/mol. The number of amides is 1. The summed E-state index contributed by atoms with van der Waals surface area (Å²) in [5, 5.41) is 6.27. The Bertz CT molecular complexity index is 592. The molecule has 2 rings (SSSR count). The third-order valence-electron chi connectivity index (χ3n) is 2.60. The molecule has 1 aromatic carbocycles. The lowest BCUT2D eigenvalue weighted by Gasteiger charge is -2.09. The summed E-state index contributed by atoms with van der Waals surface area (Å²) in [6.07, 6.45) is 1.49. The molecule has 1 amide bonds. The lowest BCUT2D eigenvalue weighted by Crippen LogP contribution is -2.12. The SMILES string of the molecule is COc1ccc(NC(=O)c2oncc2C)cc1OC. The maximum absolute atomic E-state index is 11.9. The largest absolute Gasteiger partial charge is 0.493 e. The topological polar surface area (TPSA) is 73.6 Å². The van der Waals surface area contributed by atoms with Gasteiger partial charge in [0.15, 0.2) is 11.5 Å². The van der Waals surface area contributed by atoms with Gasteiger partial charge in [0.1, 0.15) is 0 Å². The summed E-state index contributed by atoms with van der Waals surface area (Å²) in [4.78, 5) is 11.9. The molecule has 1 heterocycles. The zero-order valence-electron chi connectivity index (χ0n) is 10.9. The van der Waals surface area contributed by atoms with E-state index >= 15 is 0 Å². The number of aromatic nitrogens is 1. The molecule has 0 atom stereocenters. The van der Waals surface area contributed by atoms with Crippen LogP contribution in [0.5, 0.6) is 11.5 Å². The first-order chi connectivity index (χ1) is 9.15. The van der Waals surface area contributed by atoms with Crippen LogP contribution in [-0.2, 0) is 0 Å². The van der Waals surface area contributed by atoms with Crippen LogP contribution in [-0.4, -0.2) is 25.3 Å². The van der Waals surface area contributed by atoms with Gasteiger partial charge >= 0.3 is 0 Å². The summed E-state index contributed by atoms with van der Waals surface area (Å²) >= 11 is 0. The van der Waals surface area contributed by atoms with Crippen LogP contribution in [0.2, 0.25) is 0 Å². The Labute approximate surface area is 110 Å². The number of hydrogen-bond donors (Lipinski definition) is 1. The minimum absolute atomic E-state index is 0.190. The molecule has 0 spiro atoms. The minimum Gasteiger partial charge on any atom is -0.493 e. The molecule has 6 nitrogen and oxygen atoms in total. The summed E-state index contributed by atoms with van der Waals surface area (Å²) in [5.74, 6) is 0.961. The molecule has 0 bridgehead atoms. The van der Waals surface area contributed by atoms with Gasteiger partial charge in [-0.1, -0.05) is 5.16 Å². The van der Waals surface area contributed by atoms with Crippen molar-refractivity contribution in [2.75, 3.05) is 19.5 Å². The molecule has 1 aromatic heterocycles. The molecule has 0 saturated heterocycles. The van der Waals surface area contributed by atoms with E-state index in [9.17, 15) is 4.79 Å². The number of hydrogen-bond acceptors (Lipinski definition) is 5. The number of benzene rings is 1. The zero-order chi connectivity index (χ0) is 13.8. The highest BCUT2D eigenvalue weighted by atomic mass is 16.5. The Morgan fingerprint density at radius 1 is 1.26 bits per heavy atom. The number of methoxy groups -OCH3 is 2. The van der Waals surface area contributed by atoms with E-state index in [1.54, 1.807) is 32.2 Å². The van der Waals surface area contributed by atoms with Gasteiger partial charge in [0.2, 0.25) is 5.76 Å². The summed E-state index contributed by atoms with van der Waals surface area (Å²) in [6, 6.07) is 5.09. The van der Waals surface area contributed by atoms with Crippen molar-refractivity contribution in [2.45, 2.75) is 6.92 Å². The monoisotopic (exact) mass is 262 g/mol. The highest BCUT2D eigenvalue weighted by molar-refractivity contribution is 6.03. The number of aryl methyl sites for hydroxylation is 1. The third-order valence-corrected chi connectivity index (χ3v) is 2.60. The summed E-state index contributed by atoms with van der Waals surface area (Å²) in [5.41, 5.74) is 1.26. The second-order valence-electron chi connectivity index (χ2n) is 3.86. The zero-order valence-corrected chi connectivity index (χ0v) is 10.9. The van der Waals surface area contributed by atoms with E-state index in [2.05, 4.69) is 10.5 Å². The molecule has 0 aliphatic carbocycles. The van der Waals surface area contributed by atoms with E-state index < -0.39 is 0 Å². The van der Waals surface area contributed by atoms with Crippen LogP contribution in [0.25, 0.3) is 0 Å². The van der Waals surface area contributed by atoms with Gasteiger partial charge in [0, 0.05) is 17.3 Å². The van der Waals surface area contributed by atoms with Crippen LogP contribution in [0, 0.1) is 6.92 Å². The van der Waals surface area contributed by atoms with Crippen LogP contribution in [0.4, 0.5) is 5.69 Å². The van der Waals surface area contributed by atoms with Gasteiger partial charge < -0.3 is 19.3 Å². The number of rotatable bonds is 4. The number of anilines is 1. The Morgan fingerprint density at radius 3 is 2.58 bits per heavy atom. The maximum atomic E-state index is 11.9. The summed E-state index contributed by atoms with van der Waals surface area (Å²) in [6.45, 7) is 1.75. The van der Waals surface area contributed by atoms with Gasteiger partial charge in [-0.25, -0.2) is 0 Å². The van der Waals surface area contributed by atoms with Crippen molar-refractivity contribution >= 4 is 11.6 Å². The molecule has 0 unspecified atom stereocenters. The van der Waals surface area contributed by atoms with Gasteiger partial charge in [0.05, 0.1) is 20.4 Å². The Morgan fingerprint density at radius 2 is 2.00 bits per heavy atom. The first kappa shape index (κ1) is 12.9. The normalized spacial score (nSPS) is 10.1. The number of nitrogens with zero attached hydrogens (tertiary/aromatic N) is 1. The third kappa shape index (κ3) is 2.67. The molecular weight excluding hydrogens is 248 g/mol. The van der Waals surface area contributed by atoms with E-state index in [1.807, 2.05) is 0 Å². The number of carbonyl (C=O) groups is 1. The fourth-order valence-electron chi connectivity index (χ4n) is 1.61. The fraction of sp³-hybridized carbons (Fsp3) is 0.231. The Hall–Kier alpha value is -2.50. The van der Waals surface area contributed by atoms with Crippen LogP contribution >= 0.6 is 0 Å². The van der Waals surface area contributed by atoms with E-state index in [4.69, 9.17) is 14.0 Å². The molecule has 0 radical (unpaired) electrons. The average molecular weight is 262 g/mol. The van der Waals surface area contributed by atoms with E-state index in [0.717, 1.165) is 0 Å². The van der Waals surface area contributed by atoms with Crippen molar-refractivity contribution in [1.82, 2.24) is 5.16 Å². The van der Waals surface area contributed by atoms with Crippen molar-refractivity contribution < 1.29 is 18.8 Å². The van der Waals surface area contributed by atoms with Crippen LogP contribution in [0.3, 0.4) is 0 Å². The second kappa shape index (κ2) is 5.43. The Balaban J connectivity index is 2.20. The molecule has 1 N–H and O–H groups in total. The molecule has 6 heteroatoms. The molecule has 0 aliphatic heterocycles. The summed E-state index contributed by atoms with van der Waals surface area (Å²) in [7, 11) is 3.08. The number of carbonyl (C=O) groups excluding carboxylic acids is 1. The van der Waals surface area contributed by atoms with Crippen LogP contribution in [0.15, 0.2) is 28.9 Å². The van der Waals surface area contributed by atoms with Crippen molar-refractivity contribution in [3.8, 4) is 11.5 Å². The lowest BCUT2D eigenvalue weighted by atomic mass is 10.2. The quantitative estimate of drug-likeness (QED) is 0.914. The van der Waals surface area contributed by atoms with Crippen molar-refractivity contribution in [3.05, 3.63) is 35.7 Å². The Kier molecular flexibility index (Phi) is 3.70. The highest BCUT2D eigenvalue weighted by Crippen LogP contribution is 2.29. The molecular formula is C13H14N2O4. The number of ether oxygens (including phenoxy) is 2. The minimum atomic E-state index is -0.359. The van der Waals surface area contributed by atoms with Gasteiger partial charge in [-0.3, -0.25) is 4.79 Å². The molecule has 0 fully saturated rings. The molecule has 2 aromatic rings. The van der Waals surface area contributed by atoms with Gasteiger partial charge in [-0.2, -0.15) is 0 Å². The maximum Gasteiger partial charge on any atom is 0.294 e. The fourth-order valence-corrected chi connectivity index (χ4v) is 1.61. The van der Waals surface area contributed by atoms with Crippen LogP contribution in [0.1, 0.15) is 16.1 Å². The molecule has 100 valence electrons. The first-order valence-corrected chi connectivity index (χ1v) is 5.60. The van der Waals surface area contributed by atoms with E-state index in [1.165, 1.54) is 13.3 Å².